The van der Waals surface area contributed by atoms with Gasteiger partial charge in [0.25, 0.3) is 0 Å². The van der Waals surface area contributed by atoms with E-state index in [1.165, 1.54) is 5.56 Å². The van der Waals surface area contributed by atoms with Crippen LogP contribution in [0.15, 0.2) is 24.3 Å². The maximum Gasteiger partial charge on any atom is 0.0669 e. The van der Waals surface area contributed by atoms with Crippen molar-refractivity contribution in [2.75, 3.05) is 0 Å². The molecule has 0 atom stereocenters. The molecule has 0 saturated carbocycles. The number of nitriles is 2. The van der Waals surface area contributed by atoms with Crippen LogP contribution in [0.4, 0.5) is 0 Å². The Labute approximate surface area is 84.4 Å². The molecule has 1 aromatic rings. The fraction of sp³-hybridized carbons (Fsp3) is 0.333. The standard InChI is InChI=1S/C12H12N2/c13-8-2-1-4-11-5-3-6-12(10-11)7-9-14/h3,5-6,10H,1-2,4,7H2. The largest absolute Gasteiger partial charge is 0.198 e. The smallest absolute Gasteiger partial charge is 0.0669 e. The van der Waals surface area contributed by atoms with Crippen LogP contribution < -0.4 is 0 Å². The van der Waals surface area contributed by atoms with E-state index < -0.39 is 0 Å². The van der Waals surface area contributed by atoms with Crippen LogP contribution in [0.1, 0.15) is 24.0 Å². The third-order valence-corrected chi connectivity index (χ3v) is 2.03. The monoisotopic (exact) mass is 184 g/mol. The lowest BCUT2D eigenvalue weighted by molar-refractivity contribution is 0.849. The maximum atomic E-state index is 8.53. The lowest BCUT2D eigenvalue weighted by atomic mass is 10.0. The number of hydrogen-bond donors (Lipinski definition) is 0. The lowest BCUT2D eigenvalue weighted by Gasteiger charge is -2.00. The second-order valence-electron chi connectivity index (χ2n) is 3.17. The van der Waals surface area contributed by atoms with Gasteiger partial charge in [0.2, 0.25) is 0 Å². The van der Waals surface area contributed by atoms with E-state index in [-0.39, 0.29) is 0 Å². The molecule has 2 heteroatoms. The van der Waals surface area contributed by atoms with Crippen molar-refractivity contribution in [2.24, 2.45) is 0 Å². The number of nitrogens with zero attached hydrogens (tertiary/aromatic N) is 2. The summed E-state index contributed by atoms with van der Waals surface area (Å²) in [6.45, 7) is 0. The predicted molar refractivity (Wildman–Crippen MR) is 54.3 cm³/mol. The van der Waals surface area contributed by atoms with E-state index in [9.17, 15) is 0 Å². The molecule has 0 aliphatic rings. The van der Waals surface area contributed by atoms with Gasteiger partial charge in [0, 0.05) is 6.42 Å². The summed E-state index contributed by atoms with van der Waals surface area (Å²) in [7, 11) is 0. The predicted octanol–water partition coefficient (Wildman–Crippen LogP) is 2.60. The van der Waals surface area contributed by atoms with Gasteiger partial charge in [0.05, 0.1) is 18.6 Å². The number of unbranched alkanes of at least 4 members (excludes halogenated alkanes) is 1. The maximum absolute atomic E-state index is 8.53. The van der Waals surface area contributed by atoms with E-state index in [2.05, 4.69) is 12.1 Å². The molecule has 0 amide bonds. The first-order chi connectivity index (χ1) is 6.86. The first kappa shape index (κ1) is 10.3. The minimum atomic E-state index is 0.464. The summed E-state index contributed by atoms with van der Waals surface area (Å²) in [5.74, 6) is 0. The van der Waals surface area contributed by atoms with Crippen molar-refractivity contribution in [2.45, 2.75) is 25.7 Å². The van der Waals surface area contributed by atoms with Crippen LogP contribution in [0, 0.1) is 22.7 Å². The molecule has 14 heavy (non-hydrogen) atoms. The molecule has 0 spiro atoms. The Balaban J connectivity index is 2.56. The molecule has 0 saturated heterocycles. The SMILES string of the molecule is N#CCCCc1cccc(CC#N)c1. The summed E-state index contributed by atoms with van der Waals surface area (Å²) in [6.07, 6.45) is 2.88. The summed E-state index contributed by atoms with van der Waals surface area (Å²) in [5.41, 5.74) is 2.27. The number of rotatable bonds is 4. The second kappa shape index (κ2) is 5.78. The van der Waals surface area contributed by atoms with Gasteiger partial charge in [-0.1, -0.05) is 24.3 Å². The molecule has 0 N–H and O–H groups in total. The zero-order chi connectivity index (χ0) is 10.2. The van der Waals surface area contributed by atoms with E-state index in [1.54, 1.807) is 0 Å². The van der Waals surface area contributed by atoms with Crippen molar-refractivity contribution in [3.8, 4) is 12.1 Å². The van der Waals surface area contributed by atoms with Crippen molar-refractivity contribution in [3.05, 3.63) is 35.4 Å². The molecule has 0 unspecified atom stereocenters. The highest BCUT2D eigenvalue weighted by atomic mass is 14.2. The number of hydrogen-bond acceptors (Lipinski definition) is 2. The van der Waals surface area contributed by atoms with E-state index >= 15 is 0 Å². The number of aryl methyl sites for hydroxylation is 1. The molecule has 0 aliphatic heterocycles. The van der Waals surface area contributed by atoms with Gasteiger partial charge in [-0.15, -0.1) is 0 Å². The third-order valence-electron chi connectivity index (χ3n) is 2.03. The van der Waals surface area contributed by atoms with Crippen molar-refractivity contribution in [1.82, 2.24) is 0 Å². The summed E-state index contributed by atoms with van der Waals surface area (Å²) in [5, 5.41) is 16.9. The molecular weight excluding hydrogens is 172 g/mol. The van der Waals surface area contributed by atoms with Gasteiger partial charge in [0.1, 0.15) is 0 Å². The van der Waals surface area contributed by atoms with Gasteiger partial charge in [0.15, 0.2) is 0 Å². The lowest BCUT2D eigenvalue weighted by Crippen LogP contribution is -1.88. The van der Waals surface area contributed by atoms with Crippen molar-refractivity contribution >= 4 is 0 Å². The average molecular weight is 184 g/mol. The molecular formula is C12H12N2. The highest BCUT2D eigenvalue weighted by Crippen LogP contribution is 2.08. The van der Waals surface area contributed by atoms with Gasteiger partial charge in [-0.25, -0.2) is 0 Å². The topological polar surface area (TPSA) is 47.6 Å². The molecule has 2 nitrogen and oxygen atoms in total. The van der Waals surface area contributed by atoms with Crippen molar-refractivity contribution in [3.63, 3.8) is 0 Å². The molecule has 1 aromatic carbocycles. The normalized spacial score (nSPS) is 9.00. The Morgan fingerprint density at radius 3 is 2.57 bits per heavy atom. The van der Waals surface area contributed by atoms with Crippen LogP contribution in [-0.2, 0) is 12.8 Å². The van der Waals surface area contributed by atoms with E-state index in [1.807, 2.05) is 24.3 Å². The van der Waals surface area contributed by atoms with E-state index in [0.29, 0.717) is 12.8 Å². The van der Waals surface area contributed by atoms with Gasteiger partial charge >= 0.3 is 0 Å². The Kier molecular flexibility index (Phi) is 4.24. The molecule has 70 valence electrons. The first-order valence-corrected chi connectivity index (χ1v) is 4.68. The molecule has 0 bridgehead atoms. The minimum Gasteiger partial charge on any atom is -0.198 e. The van der Waals surface area contributed by atoms with E-state index in [0.717, 1.165) is 18.4 Å². The van der Waals surface area contributed by atoms with Gasteiger partial charge in [-0.05, 0) is 24.0 Å². The highest BCUT2D eigenvalue weighted by molar-refractivity contribution is 5.25. The van der Waals surface area contributed by atoms with Crippen LogP contribution >= 0.6 is 0 Å². The Morgan fingerprint density at radius 1 is 1.07 bits per heavy atom. The quantitative estimate of drug-likeness (QED) is 0.675. The summed E-state index contributed by atoms with van der Waals surface area (Å²) in [6, 6.07) is 12.3. The van der Waals surface area contributed by atoms with Crippen LogP contribution in [0.5, 0.6) is 0 Å². The fourth-order valence-corrected chi connectivity index (χ4v) is 1.36. The zero-order valence-corrected chi connectivity index (χ0v) is 8.03. The van der Waals surface area contributed by atoms with Crippen LogP contribution in [0.3, 0.4) is 0 Å². The molecule has 1 rings (SSSR count). The summed E-state index contributed by atoms with van der Waals surface area (Å²) >= 11 is 0. The molecule has 0 fully saturated rings. The Bertz CT molecular complexity index is 369. The first-order valence-electron chi connectivity index (χ1n) is 4.68. The summed E-state index contributed by atoms with van der Waals surface area (Å²) in [4.78, 5) is 0. The van der Waals surface area contributed by atoms with Gasteiger partial charge < -0.3 is 0 Å². The average Bonchev–Trinajstić information content (AvgIpc) is 2.19. The zero-order valence-electron chi connectivity index (χ0n) is 8.03. The fourth-order valence-electron chi connectivity index (χ4n) is 1.36. The molecule has 0 aromatic heterocycles. The second-order valence-corrected chi connectivity index (χ2v) is 3.17. The van der Waals surface area contributed by atoms with Crippen molar-refractivity contribution in [1.29, 1.82) is 10.5 Å². The third kappa shape index (κ3) is 3.29. The van der Waals surface area contributed by atoms with Crippen LogP contribution in [-0.4, -0.2) is 0 Å². The van der Waals surface area contributed by atoms with Crippen LogP contribution in [0.2, 0.25) is 0 Å². The van der Waals surface area contributed by atoms with Crippen molar-refractivity contribution < 1.29 is 0 Å². The summed E-state index contributed by atoms with van der Waals surface area (Å²) < 4.78 is 0. The van der Waals surface area contributed by atoms with Gasteiger partial charge in [-0.2, -0.15) is 10.5 Å². The Hall–Kier alpha value is -1.80. The van der Waals surface area contributed by atoms with Gasteiger partial charge in [-0.3, -0.25) is 0 Å². The van der Waals surface area contributed by atoms with E-state index in [4.69, 9.17) is 10.5 Å². The molecule has 0 aliphatic carbocycles. The highest BCUT2D eigenvalue weighted by Gasteiger charge is 1.95. The van der Waals surface area contributed by atoms with Crippen LogP contribution in [0.25, 0.3) is 0 Å². The number of benzene rings is 1. The minimum absolute atomic E-state index is 0.464. The molecule has 0 heterocycles. The Morgan fingerprint density at radius 2 is 1.86 bits per heavy atom. The molecule has 0 radical (unpaired) electrons.